The molecule has 1 amide bonds. The number of amides is 1. The summed E-state index contributed by atoms with van der Waals surface area (Å²) in [6.45, 7) is 8.44. The van der Waals surface area contributed by atoms with Crippen LogP contribution in [0.3, 0.4) is 0 Å². The van der Waals surface area contributed by atoms with E-state index in [9.17, 15) is 17.6 Å². The predicted octanol–water partition coefficient (Wildman–Crippen LogP) is 4.74. The maximum atomic E-state index is 14.4. The summed E-state index contributed by atoms with van der Waals surface area (Å²) in [6, 6.07) is 6.52. The van der Waals surface area contributed by atoms with E-state index >= 15 is 0 Å². The van der Waals surface area contributed by atoms with Crippen LogP contribution in [-0.2, 0) is 10.0 Å². The van der Waals surface area contributed by atoms with Crippen LogP contribution in [0.2, 0.25) is 0 Å². The molecule has 8 nitrogen and oxygen atoms in total. The number of fused-ring (bicyclic) bond motifs is 2. The van der Waals surface area contributed by atoms with E-state index in [1.54, 1.807) is 22.3 Å². The van der Waals surface area contributed by atoms with Crippen molar-refractivity contribution in [2.45, 2.75) is 51.5 Å². The molecule has 0 spiro atoms. The molecule has 1 aliphatic carbocycles. The first-order valence-electron chi connectivity index (χ1n) is 15.2. The van der Waals surface area contributed by atoms with Crippen LogP contribution in [0.15, 0.2) is 42.9 Å². The lowest BCUT2D eigenvalue weighted by molar-refractivity contribution is 0.0754. The third-order valence-electron chi connectivity index (χ3n) is 10.0. The number of pyridine rings is 1. The lowest BCUT2D eigenvalue weighted by Gasteiger charge is -2.32. The van der Waals surface area contributed by atoms with Crippen LogP contribution in [0.5, 0.6) is 0 Å². The van der Waals surface area contributed by atoms with Gasteiger partial charge in [0.05, 0.1) is 29.2 Å². The maximum absolute atomic E-state index is 14.4. The summed E-state index contributed by atoms with van der Waals surface area (Å²) < 4.78 is 41.8. The van der Waals surface area contributed by atoms with Crippen molar-refractivity contribution in [3.8, 4) is 5.69 Å². The first-order valence-corrected chi connectivity index (χ1v) is 17.0. The summed E-state index contributed by atoms with van der Waals surface area (Å²) in [7, 11) is -1.34. The van der Waals surface area contributed by atoms with Crippen LogP contribution in [0.1, 0.15) is 61.4 Å². The average Bonchev–Trinajstić information content (AvgIpc) is 3.63. The second-order valence-corrected chi connectivity index (χ2v) is 15.0. The molecule has 2 saturated heterocycles. The second-order valence-electron chi connectivity index (χ2n) is 13.0. The highest BCUT2D eigenvalue weighted by Crippen LogP contribution is 2.48. The van der Waals surface area contributed by atoms with E-state index in [1.807, 2.05) is 30.8 Å². The van der Waals surface area contributed by atoms with Gasteiger partial charge in [-0.2, -0.15) is 0 Å². The molecule has 3 aliphatic rings. The van der Waals surface area contributed by atoms with Gasteiger partial charge in [-0.15, -0.1) is 0 Å². The summed E-state index contributed by atoms with van der Waals surface area (Å²) in [5.41, 5.74) is 3.23. The number of rotatable bonds is 7. The van der Waals surface area contributed by atoms with Crippen molar-refractivity contribution in [3.63, 3.8) is 0 Å². The van der Waals surface area contributed by atoms with Gasteiger partial charge in [0.1, 0.15) is 5.82 Å². The summed E-state index contributed by atoms with van der Waals surface area (Å²) in [5, 5.41) is 1.14. The van der Waals surface area contributed by atoms with E-state index in [0.717, 1.165) is 56.2 Å². The Morgan fingerprint density at radius 3 is 2.45 bits per heavy atom. The van der Waals surface area contributed by atoms with Crippen LogP contribution < -0.4 is 0 Å². The van der Waals surface area contributed by atoms with Crippen molar-refractivity contribution in [3.05, 3.63) is 59.8 Å². The van der Waals surface area contributed by atoms with E-state index < -0.39 is 15.8 Å². The van der Waals surface area contributed by atoms with Gasteiger partial charge in [-0.25, -0.2) is 17.1 Å². The first kappa shape index (κ1) is 29.3. The molecule has 4 heterocycles. The molecule has 3 aromatic rings. The quantitative estimate of drug-likeness (QED) is 0.394. The molecule has 42 heavy (non-hydrogen) atoms. The highest BCUT2D eigenvalue weighted by molar-refractivity contribution is 7.88. The van der Waals surface area contributed by atoms with Crippen molar-refractivity contribution in [1.29, 1.82) is 0 Å². The molecule has 2 aromatic heterocycles. The molecule has 6 rings (SSSR count). The molecular formula is C32H42FN5O3S. The minimum Gasteiger partial charge on any atom is -0.339 e. The van der Waals surface area contributed by atoms with Gasteiger partial charge in [0.2, 0.25) is 10.0 Å². The second kappa shape index (κ2) is 11.4. The normalized spacial score (nSPS) is 24.1. The van der Waals surface area contributed by atoms with Crippen LogP contribution >= 0.6 is 0 Å². The molecule has 10 heteroatoms. The highest BCUT2D eigenvalue weighted by Gasteiger charge is 2.42. The van der Waals surface area contributed by atoms with Gasteiger partial charge in [-0.1, -0.05) is 0 Å². The fourth-order valence-corrected chi connectivity index (χ4v) is 8.40. The number of hydrogen-bond donors (Lipinski definition) is 0. The molecular weight excluding hydrogens is 553 g/mol. The minimum atomic E-state index is -3.09. The summed E-state index contributed by atoms with van der Waals surface area (Å²) in [5.74, 6) is 1.64. The number of sulfonamides is 1. The lowest BCUT2D eigenvalue weighted by atomic mass is 9.95. The molecule has 2 aliphatic heterocycles. The summed E-state index contributed by atoms with van der Waals surface area (Å²) in [6.07, 6.45) is 11.3. The Bertz CT molecular complexity index is 1570. The fraction of sp³-hybridized carbons (Fsp3) is 0.562. The molecule has 2 unspecified atom stereocenters. The molecule has 3 fully saturated rings. The van der Waals surface area contributed by atoms with Crippen molar-refractivity contribution >= 4 is 26.8 Å². The number of carbonyl (C=O) groups excluding carboxylic acids is 1. The SMILES string of the molecule is CC(C)N(C)C(=O)c1cc(F)ccc1-n1cc(C2CC3CN(CC4CCN(S(C)(=O)=O)CC4)CC3C2)c2ccncc21. The number of benzene rings is 1. The van der Waals surface area contributed by atoms with Crippen LogP contribution in [-0.4, -0.2) is 90.1 Å². The van der Waals surface area contributed by atoms with Gasteiger partial charge in [0.25, 0.3) is 5.91 Å². The largest absolute Gasteiger partial charge is 0.339 e. The Morgan fingerprint density at radius 1 is 1.12 bits per heavy atom. The van der Waals surface area contributed by atoms with Crippen molar-refractivity contribution in [2.75, 3.05) is 46.0 Å². The Labute approximate surface area is 248 Å². The summed E-state index contributed by atoms with van der Waals surface area (Å²) >= 11 is 0. The molecule has 1 aromatic carbocycles. The van der Waals surface area contributed by atoms with Gasteiger partial charge >= 0.3 is 0 Å². The van der Waals surface area contributed by atoms with E-state index in [0.29, 0.717) is 48.0 Å². The van der Waals surface area contributed by atoms with E-state index in [1.165, 1.54) is 24.0 Å². The molecule has 0 N–H and O–H groups in total. The Balaban J connectivity index is 1.19. The van der Waals surface area contributed by atoms with Gasteiger partial charge in [-0.3, -0.25) is 9.78 Å². The highest BCUT2D eigenvalue weighted by atomic mass is 32.2. The maximum Gasteiger partial charge on any atom is 0.256 e. The van der Waals surface area contributed by atoms with E-state index in [4.69, 9.17) is 0 Å². The standard InChI is InChI=1S/C32H42FN5O3S/c1-21(2)35(3)32(39)28-15-26(33)5-6-30(28)38-20-29(27-7-10-34-16-31(27)38)23-13-24-18-36(19-25(24)14-23)17-22-8-11-37(12-9-22)42(4,40)41/h5-7,10,15-16,20-25H,8-9,11-14,17-19H2,1-4H3. The molecule has 1 saturated carbocycles. The van der Waals surface area contributed by atoms with Crippen molar-refractivity contribution in [1.82, 2.24) is 23.7 Å². The Kier molecular flexibility index (Phi) is 7.91. The topological polar surface area (TPSA) is 78.8 Å². The lowest BCUT2D eigenvalue weighted by Crippen LogP contribution is -2.40. The zero-order valence-corrected chi connectivity index (χ0v) is 25.9. The number of likely N-dealkylation sites (tertiary alicyclic amines) is 1. The summed E-state index contributed by atoms with van der Waals surface area (Å²) in [4.78, 5) is 22.0. The van der Waals surface area contributed by atoms with Crippen molar-refractivity contribution in [2.24, 2.45) is 17.8 Å². The smallest absolute Gasteiger partial charge is 0.256 e. The van der Waals surface area contributed by atoms with Crippen LogP contribution in [0, 0.1) is 23.6 Å². The molecule has 226 valence electrons. The zero-order valence-electron chi connectivity index (χ0n) is 25.0. The van der Waals surface area contributed by atoms with Gasteiger partial charge < -0.3 is 14.4 Å². The minimum absolute atomic E-state index is 0.00925. The number of piperidine rings is 1. The van der Waals surface area contributed by atoms with Gasteiger partial charge in [0, 0.05) is 63.6 Å². The molecule has 0 radical (unpaired) electrons. The number of halogens is 1. The van der Waals surface area contributed by atoms with Gasteiger partial charge in [-0.05, 0) is 93.0 Å². The molecule has 0 bridgehead atoms. The number of carbonyl (C=O) groups is 1. The number of hydrogen-bond acceptors (Lipinski definition) is 5. The third-order valence-corrected chi connectivity index (χ3v) is 11.3. The van der Waals surface area contributed by atoms with E-state index in [-0.39, 0.29) is 11.9 Å². The van der Waals surface area contributed by atoms with Crippen LogP contribution in [0.25, 0.3) is 16.6 Å². The molecule has 2 atom stereocenters. The number of aromatic nitrogens is 2. The monoisotopic (exact) mass is 595 g/mol. The Morgan fingerprint density at radius 2 is 1.81 bits per heavy atom. The average molecular weight is 596 g/mol. The van der Waals surface area contributed by atoms with Gasteiger partial charge in [0.15, 0.2) is 0 Å². The first-order chi connectivity index (χ1) is 20.0. The van der Waals surface area contributed by atoms with E-state index in [2.05, 4.69) is 22.1 Å². The predicted molar refractivity (Wildman–Crippen MR) is 163 cm³/mol. The Hall–Kier alpha value is -2.82. The fourth-order valence-electron chi connectivity index (χ4n) is 7.53. The van der Waals surface area contributed by atoms with Crippen molar-refractivity contribution < 1.29 is 17.6 Å². The van der Waals surface area contributed by atoms with Crippen LogP contribution in [0.4, 0.5) is 4.39 Å². The third kappa shape index (κ3) is 5.61. The number of nitrogens with zero attached hydrogens (tertiary/aromatic N) is 5. The zero-order chi connectivity index (χ0) is 29.8.